The lowest BCUT2D eigenvalue weighted by atomic mass is 10.3. The average Bonchev–Trinajstić information content (AvgIpc) is 2.31. The molecule has 6 heteroatoms. The molecular formula is C10H8FN3O2. The standard InChI is InChI=1S/C10H8FN3O2/c1-15-9-3-2-7(4-8(9)11)16-10-13-5-12-6-14-10/h2-6H,1H3. The first kappa shape index (κ1) is 10.3. The van der Waals surface area contributed by atoms with E-state index >= 15 is 0 Å². The van der Waals surface area contributed by atoms with Gasteiger partial charge in [-0.05, 0) is 12.1 Å². The van der Waals surface area contributed by atoms with Crippen LogP contribution in [-0.2, 0) is 0 Å². The predicted molar refractivity (Wildman–Crippen MR) is 52.9 cm³/mol. The topological polar surface area (TPSA) is 57.1 Å². The Kier molecular flexibility index (Phi) is 2.90. The molecule has 0 saturated heterocycles. The van der Waals surface area contributed by atoms with E-state index in [2.05, 4.69) is 15.0 Å². The van der Waals surface area contributed by atoms with Gasteiger partial charge < -0.3 is 9.47 Å². The van der Waals surface area contributed by atoms with E-state index in [4.69, 9.17) is 9.47 Å². The van der Waals surface area contributed by atoms with Gasteiger partial charge in [-0.2, -0.15) is 9.97 Å². The first-order valence-electron chi connectivity index (χ1n) is 4.43. The van der Waals surface area contributed by atoms with Gasteiger partial charge in [0.2, 0.25) is 0 Å². The van der Waals surface area contributed by atoms with Crippen molar-refractivity contribution in [3.63, 3.8) is 0 Å². The molecule has 82 valence electrons. The molecule has 0 atom stereocenters. The van der Waals surface area contributed by atoms with Crippen molar-refractivity contribution in [2.24, 2.45) is 0 Å². The number of halogens is 1. The lowest BCUT2D eigenvalue weighted by molar-refractivity contribution is 0.381. The van der Waals surface area contributed by atoms with E-state index in [1.807, 2.05) is 0 Å². The van der Waals surface area contributed by atoms with E-state index in [-0.39, 0.29) is 11.8 Å². The molecule has 0 saturated carbocycles. The van der Waals surface area contributed by atoms with Gasteiger partial charge >= 0.3 is 6.01 Å². The largest absolute Gasteiger partial charge is 0.494 e. The van der Waals surface area contributed by atoms with Crippen molar-refractivity contribution in [3.05, 3.63) is 36.7 Å². The summed E-state index contributed by atoms with van der Waals surface area (Å²) in [6, 6.07) is 4.33. The number of ether oxygens (including phenoxy) is 2. The van der Waals surface area contributed by atoms with Crippen LogP contribution >= 0.6 is 0 Å². The molecule has 0 fully saturated rings. The van der Waals surface area contributed by atoms with Crippen molar-refractivity contribution >= 4 is 0 Å². The van der Waals surface area contributed by atoms with Gasteiger partial charge in [0.05, 0.1) is 7.11 Å². The zero-order chi connectivity index (χ0) is 11.4. The molecule has 1 aromatic heterocycles. The van der Waals surface area contributed by atoms with Crippen LogP contribution in [-0.4, -0.2) is 22.1 Å². The van der Waals surface area contributed by atoms with E-state index < -0.39 is 5.82 Å². The van der Waals surface area contributed by atoms with Gasteiger partial charge in [-0.15, -0.1) is 0 Å². The van der Waals surface area contributed by atoms with Crippen molar-refractivity contribution in [3.8, 4) is 17.5 Å². The van der Waals surface area contributed by atoms with Gasteiger partial charge in [0.15, 0.2) is 11.6 Å². The number of nitrogens with zero attached hydrogens (tertiary/aromatic N) is 3. The number of aromatic nitrogens is 3. The van der Waals surface area contributed by atoms with E-state index in [0.717, 1.165) is 0 Å². The highest BCUT2D eigenvalue weighted by atomic mass is 19.1. The summed E-state index contributed by atoms with van der Waals surface area (Å²) in [5.74, 6) is -0.0541. The van der Waals surface area contributed by atoms with E-state index in [1.165, 1.54) is 31.9 Å². The first-order chi connectivity index (χ1) is 7.79. The summed E-state index contributed by atoms with van der Waals surface area (Å²) in [5, 5.41) is 0. The Morgan fingerprint density at radius 2 is 1.94 bits per heavy atom. The molecule has 1 heterocycles. The maximum atomic E-state index is 13.3. The van der Waals surface area contributed by atoms with Gasteiger partial charge in [-0.1, -0.05) is 0 Å². The first-order valence-corrected chi connectivity index (χ1v) is 4.43. The smallest absolute Gasteiger partial charge is 0.324 e. The summed E-state index contributed by atoms with van der Waals surface area (Å²) in [6.07, 6.45) is 2.59. The van der Waals surface area contributed by atoms with Crippen molar-refractivity contribution in [1.82, 2.24) is 15.0 Å². The zero-order valence-corrected chi connectivity index (χ0v) is 8.42. The molecule has 0 amide bonds. The molecule has 1 aromatic carbocycles. The minimum absolute atomic E-state index is 0.111. The van der Waals surface area contributed by atoms with Crippen LogP contribution in [0.5, 0.6) is 17.5 Å². The highest BCUT2D eigenvalue weighted by Gasteiger charge is 2.05. The van der Waals surface area contributed by atoms with Crippen LogP contribution in [0, 0.1) is 5.82 Å². The van der Waals surface area contributed by atoms with E-state index in [9.17, 15) is 4.39 Å². The van der Waals surface area contributed by atoms with Crippen LogP contribution in [0.25, 0.3) is 0 Å². The second kappa shape index (κ2) is 4.52. The second-order valence-electron chi connectivity index (χ2n) is 2.82. The van der Waals surface area contributed by atoms with E-state index in [0.29, 0.717) is 5.75 Å². The normalized spacial score (nSPS) is 9.88. The summed E-state index contributed by atoms with van der Waals surface area (Å²) < 4.78 is 23.3. The summed E-state index contributed by atoms with van der Waals surface area (Å²) in [5.41, 5.74) is 0. The van der Waals surface area contributed by atoms with Crippen molar-refractivity contribution in [2.45, 2.75) is 0 Å². The van der Waals surface area contributed by atoms with Crippen LogP contribution in [0.15, 0.2) is 30.9 Å². The molecule has 0 bridgehead atoms. The molecule has 0 radical (unpaired) electrons. The molecule has 16 heavy (non-hydrogen) atoms. The number of methoxy groups -OCH3 is 1. The van der Waals surface area contributed by atoms with Crippen LogP contribution < -0.4 is 9.47 Å². The van der Waals surface area contributed by atoms with Gasteiger partial charge in [0.25, 0.3) is 0 Å². The number of hydrogen-bond acceptors (Lipinski definition) is 5. The summed E-state index contributed by atoms with van der Waals surface area (Å²) >= 11 is 0. The van der Waals surface area contributed by atoms with Crippen LogP contribution in [0.1, 0.15) is 0 Å². The molecule has 5 nitrogen and oxygen atoms in total. The maximum Gasteiger partial charge on any atom is 0.324 e. The maximum absolute atomic E-state index is 13.3. The summed E-state index contributed by atoms with van der Waals surface area (Å²) in [4.78, 5) is 11.1. The molecule has 2 rings (SSSR count). The van der Waals surface area contributed by atoms with Crippen molar-refractivity contribution < 1.29 is 13.9 Å². The minimum Gasteiger partial charge on any atom is -0.494 e. The van der Waals surface area contributed by atoms with Crippen molar-refractivity contribution in [2.75, 3.05) is 7.11 Å². The molecule has 0 spiro atoms. The Morgan fingerprint density at radius 1 is 1.19 bits per heavy atom. The Balaban J connectivity index is 2.20. The number of hydrogen-bond donors (Lipinski definition) is 0. The predicted octanol–water partition coefficient (Wildman–Crippen LogP) is 1.81. The summed E-state index contributed by atoms with van der Waals surface area (Å²) in [6.45, 7) is 0. The SMILES string of the molecule is COc1ccc(Oc2ncncn2)cc1F. The Labute approximate surface area is 90.9 Å². The van der Waals surface area contributed by atoms with Gasteiger partial charge in [0, 0.05) is 6.07 Å². The molecule has 2 aromatic rings. The molecule has 0 N–H and O–H groups in total. The van der Waals surface area contributed by atoms with Crippen molar-refractivity contribution in [1.29, 1.82) is 0 Å². The lowest BCUT2D eigenvalue weighted by Gasteiger charge is -2.05. The third-order valence-corrected chi connectivity index (χ3v) is 1.80. The molecule has 0 aliphatic heterocycles. The van der Waals surface area contributed by atoms with Crippen LogP contribution in [0.4, 0.5) is 4.39 Å². The average molecular weight is 221 g/mol. The van der Waals surface area contributed by atoms with Gasteiger partial charge in [-0.25, -0.2) is 9.37 Å². The fourth-order valence-corrected chi connectivity index (χ4v) is 1.10. The second-order valence-corrected chi connectivity index (χ2v) is 2.82. The minimum atomic E-state index is -0.506. The zero-order valence-electron chi connectivity index (χ0n) is 8.42. The quantitative estimate of drug-likeness (QED) is 0.791. The Hall–Kier alpha value is -2.24. The fourth-order valence-electron chi connectivity index (χ4n) is 1.10. The summed E-state index contributed by atoms with van der Waals surface area (Å²) in [7, 11) is 1.39. The molecular weight excluding hydrogens is 213 g/mol. The Bertz CT molecular complexity index is 479. The highest BCUT2D eigenvalue weighted by Crippen LogP contribution is 2.24. The third-order valence-electron chi connectivity index (χ3n) is 1.80. The monoisotopic (exact) mass is 221 g/mol. The van der Waals surface area contributed by atoms with Gasteiger partial charge in [-0.3, -0.25) is 0 Å². The molecule has 0 unspecified atom stereocenters. The van der Waals surface area contributed by atoms with Crippen LogP contribution in [0.2, 0.25) is 0 Å². The third kappa shape index (κ3) is 2.22. The van der Waals surface area contributed by atoms with Gasteiger partial charge in [0.1, 0.15) is 18.4 Å². The van der Waals surface area contributed by atoms with E-state index in [1.54, 1.807) is 6.07 Å². The lowest BCUT2D eigenvalue weighted by Crippen LogP contribution is -1.93. The fraction of sp³-hybridized carbons (Fsp3) is 0.100. The number of rotatable bonds is 3. The number of benzene rings is 1. The molecule has 0 aliphatic rings. The molecule has 0 aliphatic carbocycles. The highest BCUT2D eigenvalue weighted by molar-refractivity contribution is 5.34. The van der Waals surface area contributed by atoms with Crippen LogP contribution in [0.3, 0.4) is 0 Å². The Morgan fingerprint density at radius 3 is 2.56 bits per heavy atom.